The third kappa shape index (κ3) is 4.07. The SMILES string of the molecule is CC(C)[C@H](O)C[C@H](C)[C@H](C)CO. The molecule has 3 atom stereocenters. The Bertz CT molecular complexity index is 112. The van der Waals surface area contributed by atoms with Crippen molar-refractivity contribution < 1.29 is 10.2 Å². The van der Waals surface area contributed by atoms with Crippen molar-refractivity contribution in [2.75, 3.05) is 6.61 Å². The average Bonchev–Trinajstić information content (AvgIpc) is 2.02. The molecule has 0 saturated heterocycles. The summed E-state index contributed by atoms with van der Waals surface area (Å²) < 4.78 is 0. The van der Waals surface area contributed by atoms with E-state index < -0.39 is 0 Å². The normalized spacial score (nSPS) is 19.2. The average molecular weight is 174 g/mol. The molecule has 0 aromatic heterocycles. The first-order valence-electron chi connectivity index (χ1n) is 4.78. The monoisotopic (exact) mass is 174 g/mol. The molecule has 0 aliphatic rings. The summed E-state index contributed by atoms with van der Waals surface area (Å²) in [5.41, 5.74) is 0. The fourth-order valence-electron chi connectivity index (χ4n) is 1.07. The van der Waals surface area contributed by atoms with Crippen LogP contribution in [0, 0.1) is 17.8 Å². The van der Waals surface area contributed by atoms with E-state index in [4.69, 9.17) is 5.11 Å². The first kappa shape index (κ1) is 11.9. The van der Waals surface area contributed by atoms with E-state index in [-0.39, 0.29) is 12.7 Å². The summed E-state index contributed by atoms with van der Waals surface area (Å²) in [7, 11) is 0. The van der Waals surface area contributed by atoms with Crippen LogP contribution in [0.3, 0.4) is 0 Å². The predicted octanol–water partition coefficient (Wildman–Crippen LogP) is 1.66. The Morgan fingerprint density at radius 1 is 1.00 bits per heavy atom. The van der Waals surface area contributed by atoms with Crippen LogP contribution in [0.4, 0.5) is 0 Å². The van der Waals surface area contributed by atoms with Crippen LogP contribution in [0.5, 0.6) is 0 Å². The largest absolute Gasteiger partial charge is 0.396 e. The van der Waals surface area contributed by atoms with Crippen LogP contribution in [0.1, 0.15) is 34.1 Å². The summed E-state index contributed by atoms with van der Waals surface area (Å²) in [6, 6.07) is 0. The van der Waals surface area contributed by atoms with E-state index in [1.807, 2.05) is 20.8 Å². The number of aliphatic hydroxyl groups excluding tert-OH is 2. The van der Waals surface area contributed by atoms with Gasteiger partial charge in [0.05, 0.1) is 6.10 Å². The van der Waals surface area contributed by atoms with E-state index in [1.165, 1.54) is 0 Å². The molecule has 0 aliphatic heterocycles. The lowest BCUT2D eigenvalue weighted by molar-refractivity contribution is 0.0792. The van der Waals surface area contributed by atoms with Crippen LogP contribution < -0.4 is 0 Å². The molecular weight excluding hydrogens is 152 g/mol. The number of rotatable bonds is 5. The predicted molar refractivity (Wildman–Crippen MR) is 50.9 cm³/mol. The number of hydrogen-bond donors (Lipinski definition) is 2. The smallest absolute Gasteiger partial charge is 0.0565 e. The van der Waals surface area contributed by atoms with E-state index >= 15 is 0 Å². The second kappa shape index (κ2) is 5.55. The molecule has 0 aromatic carbocycles. The molecule has 2 N–H and O–H groups in total. The zero-order valence-corrected chi connectivity index (χ0v) is 8.62. The molecule has 0 bridgehead atoms. The highest BCUT2D eigenvalue weighted by molar-refractivity contribution is 4.68. The van der Waals surface area contributed by atoms with Crippen LogP contribution in [-0.4, -0.2) is 22.9 Å². The van der Waals surface area contributed by atoms with Gasteiger partial charge < -0.3 is 10.2 Å². The molecule has 0 rings (SSSR count). The third-order valence-corrected chi connectivity index (χ3v) is 2.64. The molecule has 74 valence electrons. The molecule has 12 heavy (non-hydrogen) atoms. The molecule has 0 radical (unpaired) electrons. The fraction of sp³-hybridized carbons (Fsp3) is 1.00. The number of hydrogen-bond acceptors (Lipinski definition) is 2. The second-order valence-electron chi connectivity index (χ2n) is 4.18. The molecule has 0 unspecified atom stereocenters. The fourth-order valence-corrected chi connectivity index (χ4v) is 1.07. The van der Waals surface area contributed by atoms with Crippen molar-refractivity contribution in [1.82, 2.24) is 0 Å². The van der Waals surface area contributed by atoms with Crippen molar-refractivity contribution in [3.8, 4) is 0 Å². The van der Waals surface area contributed by atoms with Crippen LogP contribution >= 0.6 is 0 Å². The lowest BCUT2D eigenvalue weighted by Crippen LogP contribution is -2.22. The van der Waals surface area contributed by atoms with Gasteiger partial charge in [0.15, 0.2) is 0 Å². The Hall–Kier alpha value is -0.0800. The lowest BCUT2D eigenvalue weighted by atomic mass is 9.88. The maximum atomic E-state index is 9.56. The maximum absolute atomic E-state index is 9.56. The van der Waals surface area contributed by atoms with Crippen LogP contribution in [0.2, 0.25) is 0 Å². The lowest BCUT2D eigenvalue weighted by Gasteiger charge is -2.22. The summed E-state index contributed by atoms with van der Waals surface area (Å²) in [5.74, 6) is 1.00. The summed E-state index contributed by atoms with van der Waals surface area (Å²) in [5, 5.41) is 18.4. The minimum Gasteiger partial charge on any atom is -0.396 e. The van der Waals surface area contributed by atoms with Gasteiger partial charge >= 0.3 is 0 Å². The third-order valence-electron chi connectivity index (χ3n) is 2.64. The van der Waals surface area contributed by atoms with Gasteiger partial charge in [-0.2, -0.15) is 0 Å². The minimum absolute atomic E-state index is 0.214. The van der Waals surface area contributed by atoms with Crippen molar-refractivity contribution in [2.24, 2.45) is 17.8 Å². The van der Waals surface area contributed by atoms with Crippen molar-refractivity contribution in [3.63, 3.8) is 0 Å². The maximum Gasteiger partial charge on any atom is 0.0565 e. The van der Waals surface area contributed by atoms with Crippen LogP contribution in [-0.2, 0) is 0 Å². The van der Waals surface area contributed by atoms with Crippen molar-refractivity contribution in [1.29, 1.82) is 0 Å². The van der Waals surface area contributed by atoms with Gasteiger partial charge in [-0.05, 0) is 24.2 Å². The molecule has 2 heteroatoms. The van der Waals surface area contributed by atoms with Gasteiger partial charge in [0.1, 0.15) is 0 Å². The summed E-state index contributed by atoms with van der Waals surface area (Å²) >= 11 is 0. The van der Waals surface area contributed by atoms with Crippen LogP contribution in [0.25, 0.3) is 0 Å². The zero-order chi connectivity index (χ0) is 9.72. The highest BCUT2D eigenvalue weighted by Gasteiger charge is 2.17. The van der Waals surface area contributed by atoms with Gasteiger partial charge in [0, 0.05) is 6.61 Å². The van der Waals surface area contributed by atoms with E-state index in [0.29, 0.717) is 17.8 Å². The molecule has 0 aliphatic carbocycles. The molecule has 0 heterocycles. The molecule has 0 spiro atoms. The quantitative estimate of drug-likeness (QED) is 0.665. The second-order valence-corrected chi connectivity index (χ2v) is 4.18. The molecular formula is C10H22O2. The van der Waals surface area contributed by atoms with Crippen molar-refractivity contribution >= 4 is 0 Å². The minimum atomic E-state index is -0.228. The topological polar surface area (TPSA) is 40.5 Å². The Kier molecular flexibility index (Phi) is 5.51. The van der Waals surface area contributed by atoms with E-state index in [1.54, 1.807) is 0 Å². The molecule has 0 saturated carbocycles. The van der Waals surface area contributed by atoms with Gasteiger partial charge in [0.25, 0.3) is 0 Å². The first-order valence-corrected chi connectivity index (χ1v) is 4.78. The standard InChI is InChI=1S/C10H22O2/c1-7(2)10(12)5-8(3)9(4)6-11/h7-12H,5-6H2,1-4H3/t8-,9+,10+/m0/s1. The van der Waals surface area contributed by atoms with Crippen LogP contribution in [0.15, 0.2) is 0 Å². The Morgan fingerprint density at radius 2 is 1.50 bits per heavy atom. The summed E-state index contributed by atoms with van der Waals surface area (Å²) in [6.45, 7) is 8.33. The number of aliphatic hydroxyl groups is 2. The highest BCUT2D eigenvalue weighted by Crippen LogP contribution is 2.19. The van der Waals surface area contributed by atoms with Gasteiger partial charge in [-0.1, -0.05) is 27.7 Å². The summed E-state index contributed by atoms with van der Waals surface area (Å²) in [4.78, 5) is 0. The highest BCUT2D eigenvalue weighted by atomic mass is 16.3. The van der Waals surface area contributed by atoms with Crippen molar-refractivity contribution in [3.05, 3.63) is 0 Å². The molecule has 0 fully saturated rings. The zero-order valence-electron chi connectivity index (χ0n) is 8.62. The van der Waals surface area contributed by atoms with E-state index in [0.717, 1.165) is 6.42 Å². The molecule has 2 nitrogen and oxygen atoms in total. The van der Waals surface area contributed by atoms with Gasteiger partial charge in [0.2, 0.25) is 0 Å². The van der Waals surface area contributed by atoms with Crippen molar-refractivity contribution in [2.45, 2.75) is 40.2 Å². The van der Waals surface area contributed by atoms with Gasteiger partial charge in [-0.25, -0.2) is 0 Å². The Labute approximate surface area is 75.6 Å². The Morgan fingerprint density at radius 3 is 1.83 bits per heavy atom. The molecule has 0 aromatic rings. The first-order chi connectivity index (χ1) is 5.49. The Balaban J connectivity index is 3.75. The van der Waals surface area contributed by atoms with Gasteiger partial charge in [-0.15, -0.1) is 0 Å². The van der Waals surface area contributed by atoms with E-state index in [9.17, 15) is 5.11 Å². The molecule has 0 amide bonds. The summed E-state index contributed by atoms with van der Waals surface area (Å²) in [6.07, 6.45) is 0.563. The van der Waals surface area contributed by atoms with Gasteiger partial charge in [-0.3, -0.25) is 0 Å². The van der Waals surface area contributed by atoms with E-state index in [2.05, 4.69) is 6.92 Å².